The Bertz CT molecular complexity index is 975. The topological polar surface area (TPSA) is 33.1 Å². The van der Waals surface area contributed by atoms with Crippen molar-refractivity contribution in [3.8, 4) is 0 Å². The third-order valence-corrected chi connectivity index (χ3v) is 5.28. The summed E-state index contributed by atoms with van der Waals surface area (Å²) in [6.07, 6.45) is -4.24. The Balaban J connectivity index is 2.01. The average Bonchev–Trinajstić information content (AvgIpc) is 2.61. The van der Waals surface area contributed by atoms with Gasteiger partial charge in [0.2, 0.25) is 0 Å². The van der Waals surface area contributed by atoms with E-state index in [2.05, 4.69) is 4.98 Å². The van der Waals surface area contributed by atoms with Gasteiger partial charge in [-0.1, -0.05) is 61.9 Å². The summed E-state index contributed by atoms with van der Waals surface area (Å²) in [5, 5.41) is 11.5. The minimum atomic E-state index is -4.77. The second-order valence-electron chi connectivity index (χ2n) is 8.12. The lowest BCUT2D eigenvalue weighted by Crippen LogP contribution is -2.50. The molecule has 1 aromatic heterocycles. The smallest absolute Gasteiger partial charge is 0.380 e. The third kappa shape index (κ3) is 4.04. The second kappa shape index (κ2) is 7.21. The van der Waals surface area contributed by atoms with Crippen molar-refractivity contribution in [2.75, 3.05) is 0 Å². The highest BCUT2D eigenvalue weighted by Crippen LogP contribution is 2.43. The highest BCUT2D eigenvalue weighted by atomic mass is 19.4. The SMILES string of the molecule is Cc1cccc(C(C)(C)CC(O)(Cc2ccnc3ccccc23)C(F)(F)F)c1. The largest absolute Gasteiger partial charge is 0.417 e. The molecule has 0 bridgehead atoms. The van der Waals surface area contributed by atoms with Gasteiger partial charge in [-0.3, -0.25) is 4.98 Å². The van der Waals surface area contributed by atoms with Crippen molar-refractivity contribution in [3.63, 3.8) is 0 Å². The first-order valence-corrected chi connectivity index (χ1v) is 9.21. The van der Waals surface area contributed by atoms with Crippen molar-refractivity contribution in [1.29, 1.82) is 0 Å². The number of aromatic nitrogens is 1. The van der Waals surface area contributed by atoms with Crippen LogP contribution in [0, 0.1) is 6.92 Å². The molecule has 0 aliphatic carbocycles. The van der Waals surface area contributed by atoms with Crippen LogP contribution in [0.25, 0.3) is 10.9 Å². The molecule has 1 N–H and O–H groups in total. The Morgan fingerprint density at radius 3 is 2.36 bits per heavy atom. The highest BCUT2D eigenvalue weighted by Gasteiger charge is 2.55. The van der Waals surface area contributed by atoms with E-state index in [1.165, 1.54) is 6.20 Å². The lowest BCUT2D eigenvalue weighted by molar-refractivity contribution is -0.266. The molecule has 1 heterocycles. The first-order valence-electron chi connectivity index (χ1n) is 9.21. The Hall–Kier alpha value is -2.40. The summed E-state index contributed by atoms with van der Waals surface area (Å²) in [5.74, 6) is 0. The molecule has 0 saturated carbocycles. The van der Waals surface area contributed by atoms with Crippen molar-refractivity contribution in [2.45, 2.75) is 50.8 Å². The molecule has 0 aliphatic rings. The molecule has 1 atom stereocenters. The molecular formula is C23H24F3NO. The van der Waals surface area contributed by atoms with E-state index in [4.69, 9.17) is 0 Å². The molecule has 5 heteroatoms. The number of aryl methyl sites for hydroxylation is 1. The molecule has 0 spiro atoms. The van der Waals surface area contributed by atoms with Crippen LogP contribution in [0.4, 0.5) is 13.2 Å². The maximum Gasteiger partial charge on any atom is 0.417 e. The van der Waals surface area contributed by atoms with Gasteiger partial charge in [-0.05, 0) is 42.0 Å². The van der Waals surface area contributed by atoms with Gasteiger partial charge >= 0.3 is 6.18 Å². The number of halogens is 3. The van der Waals surface area contributed by atoms with Crippen LogP contribution < -0.4 is 0 Å². The van der Waals surface area contributed by atoms with Gasteiger partial charge in [0.25, 0.3) is 0 Å². The zero-order valence-corrected chi connectivity index (χ0v) is 16.2. The molecule has 0 aliphatic heterocycles. The summed E-state index contributed by atoms with van der Waals surface area (Å²) in [6.45, 7) is 5.38. The van der Waals surface area contributed by atoms with Gasteiger partial charge in [0.05, 0.1) is 5.52 Å². The number of rotatable bonds is 5. The standard InChI is InChI=1S/C23H24F3NO/c1-16-7-6-8-18(13-16)21(2,3)15-22(28,23(24,25)26)14-17-11-12-27-20-10-5-4-9-19(17)20/h4-13,28H,14-15H2,1-3H3. The van der Waals surface area contributed by atoms with Crippen molar-refractivity contribution in [1.82, 2.24) is 4.98 Å². The summed E-state index contributed by atoms with van der Waals surface area (Å²) in [4.78, 5) is 4.20. The molecule has 3 rings (SSSR count). The van der Waals surface area contributed by atoms with E-state index in [0.717, 1.165) is 11.1 Å². The fraction of sp³-hybridized carbons (Fsp3) is 0.348. The zero-order valence-electron chi connectivity index (χ0n) is 16.2. The van der Waals surface area contributed by atoms with E-state index < -0.39 is 30.0 Å². The summed E-state index contributed by atoms with van der Waals surface area (Å²) < 4.78 is 42.1. The fourth-order valence-electron chi connectivity index (χ4n) is 3.79. The third-order valence-electron chi connectivity index (χ3n) is 5.28. The van der Waals surface area contributed by atoms with Crippen LogP contribution in [-0.4, -0.2) is 21.9 Å². The Morgan fingerprint density at radius 2 is 1.68 bits per heavy atom. The average molecular weight is 387 g/mol. The number of hydrogen-bond donors (Lipinski definition) is 1. The van der Waals surface area contributed by atoms with Crippen LogP contribution in [0.2, 0.25) is 0 Å². The van der Waals surface area contributed by atoms with E-state index in [9.17, 15) is 18.3 Å². The number of fused-ring (bicyclic) bond motifs is 1. The number of alkyl halides is 3. The fourth-order valence-corrected chi connectivity index (χ4v) is 3.79. The van der Waals surface area contributed by atoms with E-state index in [1.807, 2.05) is 31.2 Å². The molecule has 28 heavy (non-hydrogen) atoms. The van der Waals surface area contributed by atoms with Crippen LogP contribution in [0.1, 0.15) is 37.0 Å². The molecule has 2 nitrogen and oxygen atoms in total. The van der Waals surface area contributed by atoms with E-state index >= 15 is 0 Å². The maximum absolute atomic E-state index is 14.0. The first-order chi connectivity index (χ1) is 13.0. The molecule has 0 saturated heterocycles. The summed E-state index contributed by atoms with van der Waals surface area (Å²) in [7, 11) is 0. The Kier molecular flexibility index (Phi) is 5.24. The normalized spacial score (nSPS) is 14.8. The minimum Gasteiger partial charge on any atom is -0.380 e. The first kappa shape index (κ1) is 20.3. The summed E-state index contributed by atoms with van der Waals surface area (Å²) in [6, 6.07) is 16.0. The van der Waals surface area contributed by atoms with Crippen LogP contribution in [0.5, 0.6) is 0 Å². The molecule has 2 aromatic carbocycles. The lowest BCUT2D eigenvalue weighted by Gasteiger charge is -2.38. The maximum atomic E-state index is 14.0. The van der Waals surface area contributed by atoms with Crippen LogP contribution in [0.15, 0.2) is 60.8 Å². The molecule has 0 amide bonds. The van der Waals surface area contributed by atoms with Gasteiger partial charge in [-0.25, -0.2) is 0 Å². The lowest BCUT2D eigenvalue weighted by atomic mass is 9.72. The Morgan fingerprint density at radius 1 is 0.964 bits per heavy atom. The van der Waals surface area contributed by atoms with Gasteiger partial charge in [-0.2, -0.15) is 13.2 Å². The molecular weight excluding hydrogens is 363 g/mol. The molecule has 3 aromatic rings. The van der Waals surface area contributed by atoms with Gasteiger partial charge in [0, 0.05) is 18.0 Å². The van der Waals surface area contributed by atoms with E-state index in [0.29, 0.717) is 16.5 Å². The van der Waals surface area contributed by atoms with Crippen molar-refractivity contribution >= 4 is 10.9 Å². The zero-order chi connectivity index (χ0) is 20.6. The Labute approximate surface area is 163 Å². The van der Waals surface area contributed by atoms with Gasteiger partial charge in [0.1, 0.15) is 0 Å². The molecule has 0 fully saturated rings. The number of nitrogens with zero attached hydrogens (tertiary/aromatic N) is 1. The number of pyridine rings is 1. The molecule has 148 valence electrons. The summed E-state index contributed by atoms with van der Waals surface area (Å²) in [5.41, 5.74) is -0.923. The van der Waals surface area contributed by atoms with Crippen LogP contribution in [-0.2, 0) is 11.8 Å². The van der Waals surface area contributed by atoms with Gasteiger partial charge in [0.15, 0.2) is 5.60 Å². The highest BCUT2D eigenvalue weighted by molar-refractivity contribution is 5.81. The van der Waals surface area contributed by atoms with Crippen LogP contribution >= 0.6 is 0 Å². The van der Waals surface area contributed by atoms with Crippen LogP contribution in [0.3, 0.4) is 0 Å². The predicted molar refractivity (Wildman–Crippen MR) is 105 cm³/mol. The predicted octanol–water partition coefficient (Wildman–Crippen LogP) is 5.75. The van der Waals surface area contributed by atoms with Crippen molar-refractivity contribution in [3.05, 3.63) is 77.5 Å². The van der Waals surface area contributed by atoms with Gasteiger partial charge in [-0.15, -0.1) is 0 Å². The number of benzene rings is 2. The number of hydrogen-bond acceptors (Lipinski definition) is 2. The van der Waals surface area contributed by atoms with Gasteiger partial charge < -0.3 is 5.11 Å². The minimum absolute atomic E-state index is 0.436. The molecule has 0 radical (unpaired) electrons. The quantitative estimate of drug-likeness (QED) is 0.605. The monoisotopic (exact) mass is 387 g/mol. The number of para-hydroxylation sites is 1. The number of aliphatic hydroxyl groups is 1. The van der Waals surface area contributed by atoms with Crippen molar-refractivity contribution < 1.29 is 18.3 Å². The van der Waals surface area contributed by atoms with E-state index in [-0.39, 0.29) is 0 Å². The van der Waals surface area contributed by atoms with Crippen molar-refractivity contribution in [2.24, 2.45) is 0 Å². The second-order valence-corrected chi connectivity index (χ2v) is 8.12. The summed E-state index contributed by atoms with van der Waals surface area (Å²) >= 11 is 0. The molecule has 1 unspecified atom stereocenters. The van der Waals surface area contributed by atoms with E-state index in [1.54, 1.807) is 44.2 Å².